The van der Waals surface area contributed by atoms with Crippen molar-refractivity contribution in [1.82, 2.24) is 14.8 Å². The molecule has 0 bridgehead atoms. The number of hydrogen-bond acceptors (Lipinski definition) is 4. The second kappa shape index (κ2) is 7.51. The first-order valence-electron chi connectivity index (χ1n) is 9.39. The molecule has 0 N–H and O–H groups in total. The van der Waals surface area contributed by atoms with Crippen molar-refractivity contribution in [3.8, 4) is 11.4 Å². The normalized spacial score (nSPS) is 13.7. The highest BCUT2D eigenvalue weighted by Crippen LogP contribution is 2.41. The van der Waals surface area contributed by atoms with Crippen LogP contribution in [0.5, 0.6) is 0 Å². The first kappa shape index (κ1) is 18.9. The molecule has 0 unspecified atom stereocenters. The monoisotopic (exact) mass is 395 g/mol. The fourth-order valence-corrected chi connectivity index (χ4v) is 4.22. The molecule has 4 nitrogen and oxygen atoms in total. The third kappa shape index (κ3) is 3.61. The number of carbonyl (C=O) groups is 1. The number of Topliss-reactive ketones (excluding diaryl/α,β-unsaturated/α-hetero) is 1. The van der Waals surface area contributed by atoms with Crippen LogP contribution in [0.4, 0.5) is 4.39 Å². The molecule has 0 amide bonds. The summed E-state index contributed by atoms with van der Waals surface area (Å²) in [5.74, 6) is 0.585. The van der Waals surface area contributed by atoms with E-state index in [4.69, 9.17) is 0 Å². The first-order valence-corrected chi connectivity index (χ1v) is 10.4. The van der Waals surface area contributed by atoms with E-state index in [1.54, 1.807) is 18.2 Å². The van der Waals surface area contributed by atoms with Crippen LogP contribution >= 0.6 is 11.8 Å². The van der Waals surface area contributed by atoms with E-state index in [0.29, 0.717) is 16.5 Å². The Balaban J connectivity index is 1.59. The molecule has 2 aromatic carbocycles. The fourth-order valence-electron chi connectivity index (χ4n) is 3.33. The maximum absolute atomic E-state index is 14.3. The number of aryl methyl sites for hydroxylation is 3. The second-order valence-corrected chi connectivity index (χ2v) is 8.29. The Labute approximate surface area is 168 Å². The van der Waals surface area contributed by atoms with Gasteiger partial charge in [-0.1, -0.05) is 30.0 Å². The minimum atomic E-state index is -0.310. The smallest absolute Gasteiger partial charge is 0.192 e. The van der Waals surface area contributed by atoms with Crippen molar-refractivity contribution in [2.24, 2.45) is 0 Å². The number of carbonyl (C=O) groups excluding carboxylic acids is 1. The molecular formula is C22H22FN3OS. The second-order valence-electron chi connectivity index (χ2n) is 7.35. The molecule has 1 heterocycles. The summed E-state index contributed by atoms with van der Waals surface area (Å²) >= 11 is 1.38. The molecular weight excluding hydrogens is 373 g/mol. The molecule has 0 saturated heterocycles. The van der Waals surface area contributed by atoms with Gasteiger partial charge in [-0.2, -0.15) is 0 Å². The largest absolute Gasteiger partial charge is 0.299 e. The summed E-state index contributed by atoms with van der Waals surface area (Å²) in [6.45, 7) is 6.03. The summed E-state index contributed by atoms with van der Waals surface area (Å²) in [5.41, 5.74) is 4.49. The summed E-state index contributed by atoms with van der Waals surface area (Å²) in [6, 6.07) is 10.9. The Morgan fingerprint density at radius 1 is 1.11 bits per heavy atom. The Bertz CT molecular complexity index is 1060. The molecule has 1 aliphatic rings. The van der Waals surface area contributed by atoms with Crippen molar-refractivity contribution in [3.05, 3.63) is 64.5 Å². The molecule has 1 fully saturated rings. The van der Waals surface area contributed by atoms with Crippen molar-refractivity contribution in [2.75, 3.05) is 5.75 Å². The van der Waals surface area contributed by atoms with Crippen molar-refractivity contribution in [3.63, 3.8) is 0 Å². The minimum absolute atomic E-state index is 0.0726. The van der Waals surface area contributed by atoms with E-state index in [9.17, 15) is 9.18 Å². The predicted octanol–water partition coefficient (Wildman–Crippen LogP) is 5.32. The lowest BCUT2D eigenvalue weighted by atomic mass is 9.99. The molecule has 28 heavy (non-hydrogen) atoms. The van der Waals surface area contributed by atoms with Crippen LogP contribution in [-0.4, -0.2) is 26.3 Å². The van der Waals surface area contributed by atoms with Crippen LogP contribution in [0.3, 0.4) is 0 Å². The Morgan fingerprint density at radius 2 is 1.82 bits per heavy atom. The Morgan fingerprint density at radius 3 is 2.54 bits per heavy atom. The molecule has 1 aromatic heterocycles. The van der Waals surface area contributed by atoms with Gasteiger partial charge in [0.2, 0.25) is 0 Å². The lowest BCUT2D eigenvalue weighted by Crippen LogP contribution is -2.08. The highest BCUT2D eigenvalue weighted by Gasteiger charge is 2.31. The topological polar surface area (TPSA) is 47.8 Å². The van der Waals surface area contributed by atoms with Gasteiger partial charge in [-0.15, -0.1) is 10.2 Å². The number of ketones is 1. The standard InChI is InChI=1S/C22H22FN3OS/c1-13-10-15(3)18(11-14(13)2)20(27)12-28-22-25-24-21(26(22)16-8-9-16)17-6-4-5-7-19(17)23/h4-7,10-11,16H,8-9,12H2,1-3H3. The van der Waals surface area contributed by atoms with E-state index in [2.05, 4.69) is 16.3 Å². The minimum Gasteiger partial charge on any atom is -0.299 e. The number of halogens is 1. The number of benzene rings is 2. The van der Waals surface area contributed by atoms with Gasteiger partial charge in [0, 0.05) is 11.6 Å². The van der Waals surface area contributed by atoms with E-state index in [1.807, 2.05) is 31.4 Å². The van der Waals surface area contributed by atoms with Crippen LogP contribution in [0.15, 0.2) is 41.6 Å². The van der Waals surface area contributed by atoms with E-state index in [1.165, 1.54) is 23.4 Å². The lowest BCUT2D eigenvalue weighted by molar-refractivity contribution is 0.102. The van der Waals surface area contributed by atoms with Crippen LogP contribution in [-0.2, 0) is 0 Å². The molecule has 0 aliphatic heterocycles. The first-order chi connectivity index (χ1) is 13.5. The van der Waals surface area contributed by atoms with Crippen molar-refractivity contribution in [1.29, 1.82) is 0 Å². The molecule has 144 valence electrons. The average Bonchev–Trinajstić information content (AvgIpc) is 3.42. The molecule has 4 rings (SSSR count). The van der Waals surface area contributed by atoms with Crippen LogP contribution < -0.4 is 0 Å². The van der Waals surface area contributed by atoms with E-state index < -0.39 is 0 Å². The molecule has 0 radical (unpaired) electrons. The van der Waals surface area contributed by atoms with Gasteiger partial charge >= 0.3 is 0 Å². The van der Waals surface area contributed by atoms with Crippen molar-refractivity contribution in [2.45, 2.75) is 44.8 Å². The zero-order valence-electron chi connectivity index (χ0n) is 16.2. The number of aromatic nitrogens is 3. The number of nitrogens with zero attached hydrogens (tertiary/aromatic N) is 3. The van der Waals surface area contributed by atoms with E-state index in [0.717, 1.165) is 29.5 Å². The van der Waals surface area contributed by atoms with Gasteiger partial charge in [-0.3, -0.25) is 9.36 Å². The van der Waals surface area contributed by atoms with Gasteiger partial charge in [-0.05, 0) is 68.5 Å². The number of rotatable bonds is 6. The number of hydrogen-bond donors (Lipinski definition) is 0. The SMILES string of the molecule is Cc1cc(C)c(C(=O)CSc2nnc(-c3ccccc3F)n2C2CC2)cc1C. The zero-order chi connectivity index (χ0) is 19.8. The quantitative estimate of drug-likeness (QED) is 0.419. The lowest BCUT2D eigenvalue weighted by Gasteiger charge is -2.10. The van der Waals surface area contributed by atoms with Crippen molar-refractivity contribution >= 4 is 17.5 Å². The van der Waals surface area contributed by atoms with Crippen LogP contribution in [0.1, 0.15) is 45.9 Å². The molecule has 3 aromatic rings. The molecule has 6 heteroatoms. The summed E-state index contributed by atoms with van der Waals surface area (Å²) < 4.78 is 16.2. The van der Waals surface area contributed by atoms with Gasteiger partial charge in [0.25, 0.3) is 0 Å². The molecule has 0 spiro atoms. The van der Waals surface area contributed by atoms with Gasteiger partial charge in [0.05, 0.1) is 11.3 Å². The number of thioether (sulfide) groups is 1. The molecule has 0 atom stereocenters. The van der Waals surface area contributed by atoms with Crippen molar-refractivity contribution < 1.29 is 9.18 Å². The molecule has 1 saturated carbocycles. The summed E-state index contributed by atoms with van der Waals surface area (Å²) in [4.78, 5) is 12.8. The van der Waals surface area contributed by atoms with Gasteiger partial charge in [0.15, 0.2) is 16.8 Å². The third-order valence-electron chi connectivity index (χ3n) is 5.16. The maximum atomic E-state index is 14.3. The fraction of sp³-hybridized carbons (Fsp3) is 0.318. The van der Waals surface area contributed by atoms with E-state index >= 15 is 0 Å². The highest BCUT2D eigenvalue weighted by atomic mass is 32.2. The summed E-state index contributed by atoms with van der Waals surface area (Å²) in [5, 5.41) is 9.19. The Hall–Kier alpha value is -2.47. The Kier molecular flexibility index (Phi) is 5.06. The maximum Gasteiger partial charge on any atom is 0.192 e. The van der Waals surface area contributed by atoms with Gasteiger partial charge in [0.1, 0.15) is 5.82 Å². The average molecular weight is 396 g/mol. The highest BCUT2D eigenvalue weighted by molar-refractivity contribution is 7.99. The van der Waals surface area contributed by atoms with Crippen LogP contribution in [0.2, 0.25) is 0 Å². The van der Waals surface area contributed by atoms with E-state index in [-0.39, 0.29) is 23.4 Å². The molecule has 1 aliphatic carbocycles. The summed E-state index contributed by atoms with van der Waals surface area (Å²) in [7, 11) is 0. The van der Waals surface area contributed by atoms with Gasteiger partial charge in [-0.25, -0.2) is 4.39 Å². The third-order valence-corrected chi connectivity index (χ3v) is 6.11. The van der Waals surface area contributed by atoms with Crippen LogP contribution in [0, 0.1) is 26.6 Å². The summed E-state index contributed by atoms with van der Waals surface area (Å²) in [6.07, 6.45) is 2.05. The van der Waals surface area contributed by atoms with Crippen LogP contribution in [0.25, 0.3) is 11.4 Å². The predicted molar refractivity (Wildman–Crippen MR) is 109 cm³/mol. The van der Waals surface area contributed by atoms with Gasteiger partial charge < -0.3 is 0 Å². The zero-order valence-corrected chi connectivity index (χ0v) is 17.0.